The molecule has 1 atom stereocenters. The SMILES string of the molecule is CN(CC1NCCC1=O)C1CCCC1. The fourth-order valence-corrected chi connectivity index (χ4v) is 2.61. The third-order valence-electron chi connectivity index (χ3n) is 3.57. The third kappa shape index (κ3) is 2.15. The van der Waals surface area contributed by atoms with Gasteiger partial charge in [0.2, 0.25) is 0 Å². The van der Waals surface area contributed by atoms with Crippen LogP contribution in [0.2, 0.25) is 0 Å². The van der Waals surface area contributed by atoms with Crippen LogP contribution < -0.4 is 5.32 Å². The molecule has 1 unspecified atom stereocenters. The van der Waals surface area contributed by atoms with Crippen LogP contribution in [0.4, 0.5) is 0 Å². The summed E-state index contributed by atoms with van der Waals surface area (Å²) in [4.78, 5) is 13.8. The van der Waals surface area contributed by atoms with Crippen LogP contribution in [0.5, 0.6) is 0 Å². The van der Waals surface area contributed by atoms with Gasteiger partial charge >= 0.3 is 0 Å². The van der Waals surface area contributed by atoms with Crippen LogP contribution in [0.25, 0.3) is 0 Å². The van der Waals surface area contributed by atoms with E-state index in [0.29, 0.717) is 5.78 Å². The minimum Gasteiger partial charge on any atom is -0.306 e. The molecule has 1 heterocycles. The van der Waals surface area contributed by atoms with Crippen LogP contribution in [0.15, 0.2) is 0 Å². The zero-order valence-electron chi connectivity index (χ0n) is 8.96. The van der Waals surface area contributed by atoms with Gasteiger partial charge in [-0.2, -0.15) is 0 Å². The predicted molar refractivity (Wildman–Crippen MR) is 56.3 cm³/mol. The smallest absolute Gasteiger partial charge is 0.152 e. The van der Waals surface area contributed by atoms with E-state index in [1.165, 1.54) is 25.7 Å². The Labute approximate surface area is 85.8 Å². The van der Waals surface area contributed by atoms with Gasteiger partial charge in [0, 0.05) is 25.6 Å². The second-order valence-corrected chi connectivity index (χ2v) is 4.60. The zero-order valence-corrected chi connectivity index (χ0v) is 8.96. The Kier molecular flexibility index (Phi) is 3.19. The van der Waals surface area contributed by atoms with E-state index in [-0.39, 0.29) is 6.04 Å². The Hall–Kier alpha value is -0.410. The summed E-state index contributed by atoms with van der Waals surface area (Å²) in [5.74, 6) is 0.398. The Balaban J connectivity index is 1.80. The van der Waals surface area contributed by atoms with Gasteiger partial charge in [0.05, 0.1) is 6.04 Å². The summed E-state index contributed by atoms with van der Waals surface area (Å²) in [6.45, 7) is 1.78. The highest BCUT2D eigenvalue weighted by Gasteiger charge is 2.28. The lowest BCUT2D eigenvalue weighted by atomic mass is 10.1. The normalized spacial score (nSPS) is 29.3. The molecule has 1 N–H and O–H groups in total. The van der Waals surface area contributed by atoms with E-state index >= 15 is 0 Å². The number of ketones is 1. The molecule has 0 bridgehead atoms. The van der Waals surface area contributed by atoms with Gasteiger partial charge < -0.3 is 10.2 Å². The van der Waals surface area contributed by atoms with Crippen molar-refractivity contribution in [3.63, 3.8) is 0 Å². The Morgan fingerprint density at radius 3 is 2.71 bits per heavy atom. The first kappa shape index (κ1) is 10.1. The number of nitrogens with zero attached hydrogens (tertiary/aromatic N) is 1. The lowest BCUT2D eigenvalue weighted by Gasteiger charge is -2.26. The van der Waals surface area contributed by atoms with Gasteiger partial charge in [-0.25, -0.2) is 0 Å². The van der Waals surface area contributed by atoms with Crippen molar-refractivity contribution >= 4 is 5.78 Å². The third-order valence-corrected chi connectivity index (χ3v) is 3.57. The standard InChI is InChI=1S/C11H20N2O/c1-13(9-4-2-3-5-9)8-10-11(14)6-7-12-10/h9-10,12H,2-8H2,1H3. The number of Topliss-reactive ketones (excluding diaryl/α,β-unsaturated/α-hetero) is 1. The number of nitrogens with one attached hydrogen (secondary N) is 1. The molecule has 0 aromatic heterocycles. The van der Waals surface area contributed by atoms with Crippen LogP contribution in [0.1, 0.15) is 32.1 Å². The van der Waals surface area contributed by atoms with Crippen molar-refractivity contribution in [2.75, 3.05) is 20.1 Å². The van der Waals surface area contributed by atoms with Crippen molar-refractivity contribution in [1.29, 1.82) is 0 Å². The summed E-state index contributed by atoms with van der Waals surface area (Å²) < 4.78 is 0. The Morgan fingerprint density at radius 1 is 1.43 bits per heavy atom. The lowest BCUT2D eigenvalue weighted by Crippen LogP contribution is -2.42. The molecule has 0 aromatic carbocycles. The molecular weight excluding hydrogens is 176 g/mol. The molecule has 14 heavy (non-hydrogen) atoms. The minimum atomic E-state index is 0.112. The van der Waals surface area contributed by atoms with Crippen molar-refractivity contribution in [2.24, 2.45) is 0 Å². The average Bonchev–Trinajstić information content (AvgIpc) is 2.77. The molecule has 80 valence electrons. The fraction of sp³-hybridized carbons (Fsp3) is 0.909. The molecule has 0 spiro atoms. The number of likely N-dealkylation sites (N-methyl/N-ethyl adjacent to an activating group) is 1. The van der Waals surface area contributed by atoms with Crippen molar-refractivity contribution < 1.29 is 4.79 Å². The molecule has 0 aromatic rings. The summed E-state index contributed by atoms with van der Waals surface area (Å²) >= 11 is 0. The van der Waals surface area contributed by atoms with Crippen LogP contribution in [-0.2, 0) is 4.79 Å². The Morgan fingerprint density at radius 2 is 2.14 bits per heavy atom. The number of hydrogen-bond acceptors (Lipinski definition) is 3. The number of carbonyl (C=O) groups is 1. The van der Waals surface area contributed by atoms with Gasteiger partial charge in [-0.1, -0.05) is 12.8 Å². The van der Waals surface area contributed by atoms with Crippen molar-refractivity contribution in [2.45, 2.75) is 44.2 Å². The fourth-order valence-electron chi connectivity index (χ4n) is 2.61. The maximum atomic E-state index is 11.4. The topological polar surface area (TPSA) is 32.3 Å². The highest BCUT2D eigenvalue weighted by molar-refractivity contribution is 5.86. The molecule has 3 heteroatoms. The molecule has 2 aliphatic rings. The van der Waals surface area contributed by atoms with Crippen LogP contribution in [0, 0.1) is 0 Å². The number of carbonyl (C=O) groups excluding carboxylic acids is 1. The summed E-state index contributed by atoms with van der Waals surface area (Å²) in [5.41, 5.74) is 0. The van der Waals surface area contributed by atoms with Crippen molar-refractivity contribution in [3.05, 3.63) is 0 Å². The molecular formula is C11H20N2O. The molecule has 2 rings (SSSR count). The highest BCUT2D eigenvalue weighted by Crippen LogP contribution is 2.22. The predicted octanol–water partition coefficient (Wildman–Crippen LogP) is 0.792. The molecule has 0 amide bonds. The quantitative estimate of drug-likeness (QED) is 0.724. The summed E-state index contributed by atoms with van der Waals surface area (Å²) in [6, 6.07) is 0.839. The molecule has 0 radical (unpaired) electrons. The second-order valence-electron chi connectivity index (χ2n) is 4.60. The highest BCUT2D eigenvalue weighted by atomic mass is 16.1. The van der Waals surface area contributed by atoms with E-state index in [9.17, 15) is 4.79 Å². The zero-order chi connectivity index (χ0) is 9.97. The minimum absolute atomic E-state index is 0.112. The number of hydrogen-bond donors (Lipinski definition) is 1. The van der Waals surface area contributed by atoms with Crippen molar-refractivity contribution in [3.8, 4) is 0 Å². The average molecular weight is 196 g/mol. The second kappa shape index (κ2) is 4.41. The maximum absolute atomic E-state index is 11.4. The van der Waals surface area contributed by atoms with E-state index in [4.69, 9.17) is 0 Å². The van der Waals surface area contributed by atoms with Gasteiger partial charge in [0.1, 0.15) is 0 Å². The van der Waals surface area contributed by atoms with Crippen LogP contribution in [-0.4, -0.2) is 42.9 Å². The maximum Gasteiger partial charge on any atom is 0.152 e. The molecule has 1 aliphatic carbocycles. The number of rotatable bonds is 3. The van der Waals surface area contributed by atoms with Crippen LogP contribution in [0.3, 0.4) is 0 Å². The van der Waals surface area contributed by atoms with E-state index in [1.807, 2.05) is 0 Å². The van der Waals surface area contributed by atoms with Gasteiger partial charge in [-0.3, -0.25) is 4.79 Å². The van der Waals surface area contributed by atoms with E-state index in [1.54, 1.807) is 0 Å². The van der Waals surface area contributed by atoms with Gasteiger partial charge in [-0.05, 0) is 19.9 Å². The first-order valence-electron chi connectivity index (χ1n) is 5.73. The van der Waals surface area contributed by atoms with Crippen molar-refractivity contribution in [1.82, 2.24) is 10.2 Å². The molecule has 3 nitrogen and oxygen atoms in total. The summed E-state index contributed by atoms with van der Waals surface area (Å²) in [5, 5.41) is 3.27. The van der Waals surface area contributed by atoms with Gasteiger partial charge in [0.25, 0.3) is 0 Å². The van der Waals surface area contributed by atoms with E-state index in [2.05, 4.69) is 17.3 Å². The van der Waals surface area contributed by atoms with Gasteiger partial charge in [-0.15, -0.1) is 0 Å². The lowest BCUT2D eigenvalue weighted by molar-refractivity contribution is -0.119. The van der Waals surface area contributed by atoms with E-state index in [0.717, 1.165) is 25.6 Å². The molecule has 2 fully saturated rings. The largest absolute Gasteiger partial charge is 0.306 e. The summed E-state index contributed by atoms with van der Waals surface area (Å²) in [6.07, 6.45) is 6.08. The molecule has 1 saturated heterocycles. The molecule has 1 aliphatic heterocycles. The summed E-state index contributed by atoms with van der Waals surface area (Å²) in [7, 11) is 2.16. The van der Waals surface area contributed by atoms with E-state index < -0.39 is 0 Å². The Bertz CT molecular complexity index is 211. The monoisotopic (exact) mass is 196 g/mol. The van der Waals surface area contributed by atoms with Crippen LogP contribution >= 0.6 is 0 Å². The molecule has 1 saturated carbocycles. The first-order valence-corrected chi connectivity index (χ1v) is 5.73. The first-order chi connectivity index (χ1) is 6.77. The van der Waals surface area contributed by atoms with Gasteiger partial charge in [0.15, 0.2) is 5.78 Å².